The number of nitrogens with zero attached hydrogens (tertiary/aromatic N) is 5. The lowest BCUT2D eigenvalue weighted by molar-refractivity contribution is -0.141. The van der Waals surface area contributed by atoms with Crippen molar-refractivity contribution in [2.75, 3.05) is 27.2 Å². The summed E-state index contributed by atoms with van der Waals surface area (Å²) in [5, 5.41) is 13.8. The summed E-state index contributed by atoms with van der Waals surface area (Å²) in [4.78, 5) is 42.1. The first-order valence-electron chi connectivity index (χ1n) is 8.93. The topological polar surface area (TPSA) is 129 Å². The minimum absolute atomic E-state index is 0.146. The minimum atomic E-state index is -0.513. The molecule has 0 atom stereocenters. The van der Waals surface area contributed by atoms with Crippen molar-refractivity contribution in [2.45, 2.75) is 24.9 Å². The van der Waals surface area contributed by atoms with E-state index in [0.717, 1.165) is 38.2 Å². The highest BCUT2D eigenvalue weighted by atomic mass is 16.3. The van der Waals surface area contributed by atoms with Gasteiger partial charge in [0.05, 0.1) is 12.0 Å². The number of carboxylic acid groups (broad SMARTS) is 2. The summed E-state index contributed by atoms with van der Waals surface area (Å²) in [6.07, 6.45) is 8.79. The Balaban J connectivity index is 0.000000626. The van der Waals surface area contributed by atoms with Gasteiger partial charge in [0.1, 0.15) is 5.54 Å². The predicted molar refractivity (Wildman–Crippen MR) is 105 cm³/mol. The van der Waals surface area contributed by atoms with E-state index in [-0.39, 0.29) is 18.9 Å². The first-order chi connectivity index (χ1) is 13.9. The van der Waals surface area contributed by atoms with Crippen molar-refractivity contribution in [3.8, 4) is 0 Å². The molecular weight excluding hydrogens is 378 g/mol. The fourth-order valence-corrected chi connectivity index (χ4v) is 3.31. The fourth-order valence-electron chi connectivity index (χ4n) is 3.31. The lowest BCUT2D eigenvalue weighted by Gasteiger charge is -2.42. The highest BCUT2D eigenvalue weighted by Gasteiger charge is 2.43. The summed E-state index contributed by atoms with van der Waals surface area (Å²) in [6, 6.07) is 5.99. The smallest absolute Gasteiger partial charge is 0.290 e. The molecule has 0 saturated carbocycles. The van der Waals surface area contributed by atoms with Gasteiger partial charge in [0.15, 0.2) is 0 Å². The van der Waals surface area contributed by atoms with E-state index in [1.165, 1.54) is 0 Å². The zero-order valence-corrected chi connectivity index (χ0v) is 16.6. The molecule has 1 amide bonds. The van der Waals surface area contributed by atoms with Crippen LogP contribution in [0.15, 0.2) is 43.1 Å². The number of pyridine rings is 1. The number of hydrogen-bond acceptors (Lipinski definition) is 6. The zero-order valence-electron chi connectivity index (χ0n) is 16.6. The number of piperidine rings is 1. The van der Waals surface area contributed by atoms with E-state index < -0.39 is 5.54 Å². The maximum absolute atomic E-state index is 12.8. The molecule has 1 aliphatic rings. The van der Waals surface area contributed by atoms with E-state index in [0.29, 0.717) is 0 Å². The Kier molecular flexibility index (Phi) is 10.0. The number of carbonyl (C=O) groups is 3. The van der Waals surface area contributed by atoms with E-state index in [9.17, 15) is 4.79 Å². The molecule has 10 heteroatoms. The number of likely N-dealkylation sites (tertiary alicyclic amines) is 1. The third-order valence-electron chi connectivity index (χ3n) is 4.60. The van der Waals surface area contributed by atoms with Gasteiger partial charge in [-0.05, 0) is 25.0 Å². The second-order valence-electron chi connectivity index (χ2n) is 6.51. The van der Waals surface area contributed by atoms with Crippen LogP contribution < -0.4 is 0 Å². The third-order valence-corrected chi connectivity index (χ3v) is 4.60. The Morgan fingerprint density at radius 2 is 1.79 bits per heavy atom. The number of likely N-dealkylation sites (N-methyl/N-ethyl adjacent to an activating group) is 1. The van der Waals surface area contributed by atoms with Gasteiger partial charge in [-0.2, -0.15) is 0 Å². The first kappa shape index (κ1) is 23.8. The molecule has 29 heavy (non-hydrogen) atoms. The van der Waals surface area contributed by atoms with Crippen molar-refractivity contribution in [1.29, 1.82) is 0 Å². The number of imidazole rings is 1. The van der Waals surface area contributed by atoms with Crippen molar-refractivity contribution >= 4 is 18.9 Å². The molecule has 0 aromatic carbocycles. The lowest BCUT2D eigenvalue weighted by atomic mass is 9.85. The zero-order chi connectivity index (χ0) is 21.7. The molecule has 1 fully saturated rings. The van der Waals surface area contributed by atoms with Gasteiger partial charge in [0.25, 0.3) is 12.9 Å². The van der Waals surface area contributed by atoms with Crippen molar-refractivity contribution in [1.82, 2.24) is 24.3 Å². The van der Waals surface area contributed by atoms with Crippen molar-refractivity contribution < 1.29 is 24.6 Å². The van der Waals surface area contributed by atoms with Crippen molar-refractivity contribution in [3.63, 3.8) is 0 Å². The number of amides is 1. The minimum Gasteiger partial charge on any atom is -0.483 e. The summed E-state index contributed by atoms with van der Waals surface area (Å²) in [5.74, 6) is 0.146. The molecular formula is C19H27N5O5. The van der Waals surface area contributed by atoms with E-state index in [1.807, 2.05) is 49.3 Å². The number of carbonyl (C=O) groups excluding carboxylic acids is 1. The van der Waals surface area contributed by atoms with Gasteiger partial charge in [0, 0.05) is 52.3 Å². The Bertz CT molecular complexity index is 723. The van der Waals surface area contributed by atoms with Gasteiger partial charge in [-0.25, -0.2) is 4.98 Å². The second kappa shape index (κ2) is 12.2. The van der Waals surface area contributed by atoms with Gasteiger partial charge in [-0.15, -0.1) is 0 Å². The Hall–Kier alpha value is -3.27. The summed E-state index contributed by atoms with van der Waals surface area (Å²) in [5.41, 5.74) is 0.558. The molecule has 0 spiro atoms. The largest absolute Gasteiger partial charge is 0.483 e. The average molecular weight is 405 g/mol. The number of aromatic nitrogens is 3. The second-order valence-corrected chi connectivity index (χ2v) is 6.51. The van der Waals surface area contributed by atoms with Crippen LogP contribution in [0.2, 0.25) is 0 Å². The highest BCUT2D eigenvalue weighted by molar-refractivity contribution is 5.84. The van der Waals surface area contributed by atoms with Crippen molar-refractivity contribution in [3.05, 3.63) is 48.8 Å². The van der Waals surface area contributed by atoms with Crippen LogP contribution in [0.25, 0.3) is 0 Å². The molecule has 3 heterocycles. The number of hydrogen-bond donors (Lipinski definition) is 2. The molecule has 0 bridgehead atoms. The van der Waals surface area contributed by atoms with Crippen LogP contribution in [0.1, 0.15) is 18.5 Å². The van der Waals surface area contributed by atoms with Gasteiger partial charge in [0.2, 0.25) is 5.91 Å². The van der Waals surface area contributed by atoms with Crippen molar-refractivity contribution in [2.24, 2.45) is 0 Å². The van der Waals surface area contributed by atoms with E-state index >= 15 is 0 Å². The summed E-state index contributed by atoms with van der Waals surface area (Å²) in [6.45, 7) is 2.07. The SMILES string of the molecule is CN(C)C(=O)C1(n2ccnc2)CCN(Cc2ccccn2)CC1.O=CO.O=CO. The molecule has 0 radical (unpaired) electrons. The normalized spacial score (nSPS) is 15.0. The molecule has 0 unspecified atom stereocenters. The Morgan fingerprint density at radius 1 is 1.17 bits per heavy atom. The van der Waals surface area contributed by atoms with Crippen LogP contribution in [0.3, 0.4) is 0 Å². The van der Waals surface area contributed by atoms with Crippen LogP contribution in [-0.4, -0.2) is 80.6 Å². The van der Waals surface area contributed by atoms with E-state index in [4.69, 9.17) is 19.8 Å². The summed E-state index contributed by atoms with van der Waals surface area (Å²) in [7, 11) is 3.64. The first-order valence-corrected chi connectivity index (χ1v) is 8.93. The van der Waals surface area contributed by atoms with E-state index in [1.54, 1.807) is 17.4 Å². The van der Waals surface area contributed by atoms with Crippen LogP contribution in [0.5, 0.6) is 0 Å². The molecule has 2 N–H and O–H groups in total. The molecule has 0 aliphatic carbocycles. The maximum Gasteiger partial charge on any atom is 0.290 e. The molecule has 158 valence electrons. The monoisotopic (exact) mass is 405 g/mol. The Labute approximate surface area is 169 Å². The highest BCUT2D eigenvalue weighted by Crippen LogP contribution is 2.32. The third kappa shape index (κ3) is 6.68. The number of rotatable bonds is 4. The molecule has 2 aromatic heterocycles. The summed E-state index contributed by atoms with van der Waals surface area (Å²) >= 11 is 0. The molecule has 2 aromatic rings. The quantitative estimate of drug-likeness (QED) is 0.714. The van der Waals surface area contributed by atoms with E-state index in [2.05, 4.69) is 14.9 Å². The molecule has 1 aliphatic heterocycles. The van der Waals surface area contributed by atoms with Gasteiger partial charge >= 0.3 is 0 Å². The molecule has 3 rings (SSSR count). The lowest BCUT2D eigenvalue weighted by Crippen LogP contribution is -2.54. The van der Waals surface area contributed by atoms with Gasteiger partial charge in [-0.1, -0.05) is 6.07 Å². The molecule has 10 nitrogen and oxygen atoms in total. The summed E-state index contributed by atoms with van der Waals surface area (Å²) < 4.78 is 1.98. The van der Waals surface area contributed by atoms with Crippen LogP contribution in [0, 0.1) is 0 Å². The predicted octanol–water partition coefficient (Wildman–Crippen LogP) is 0.759. The maximum atomic E-state index is 12.8. The fraction of sp³-hybridized carbons (Fsp3) is 0.421. The molecule has 1 saturated heterocycles. The Morgan fingerprint density at radius 3 is 2.24 bits per heavy atom. The van der Waals surface area contributed by atoms with Crippen LogP contribution >= 0.6 is 0 Å². The van der Waals surface area contributed by atoms with Gasteiger partial charge < -0.3 is 19.7 Å². The van der Waals surface area contributed by atoms with Crippen LogP contribution in [-0.2, 0) is 26.5 Å². The van der Waals surface area contributed by atoms with Crippen LogP contribution in [0.4, 0.5) is 0 Å². The standard InChI is InChI=1S/C17H23N5O.2CH2O2/c1-20(2)16(23)17(22-12-9-18-14-22)6-10-21(11-7-17)13-15-5-3-4-8-19-15;2*2-1-3/h3-5,8-9,12,14H,6-7,10-11,13H2,1-2H3;2*1H,(H,2,3). The average Bonchev–Trinajstić information content (AvgIpc) is 3.26. The van der Waals surface area contributed by atoms with Gasteiger partial charge in [-0.3, -0.25) is 24.3 Å².